The van der Waals surface area contributed by atoms with Gasteiger partial charge in [0.15, 0.2) is 5.60 Å². The fourth-order valence-electron chi connectivity index (χ4n) is 4.97. The molecule has 0 aliphatic carbocycles. The smallest absolute Gasteiger partial charge is 0.255 e. The molecule has 4 heteroatoms. The highest BCUT2D eigenvalue weighted by molar-refractivity contribution is 5.90. The average molecular weight is 322 g/mol. The summed E-state index contributed by atoms with van der Waals surface area (Å²) in [5.41, 5.74) is 4.40. The first-order valence-electron chi connectivity index (χ1n) is 8.83. The molecule has 4 heterocycles. The van der Waals surface area contributed by atoms with Gasteiger partial charge in [0.05, 0.1) is 12.6 Å². The molecular weight excluding hydrogens is 300 g/mol. The molecule has 3 aliphatic heterocycles. The molecule has 3 atom stereocenters. The number of nitrogens with one attached hydrogen (secondary N) is 1. The summed E-state index contributed by atoms with van der Waals surface area (Å²) < 4.78 is 5.99. The number of rotatable bonds is 0. The van der Waals surface area contributed by atoms with Crippen molar-refractivity contribution in [2.75, 3.05) is 13.2 Å². The number of benzene rings is 1. The fraction of sp³-hybridized carbons (Fsp3) is 0.450. The minimum atomic E-state index is -0.679. The van der Waals surface area contributed by atoms with Crippen LogP contribution < -0.4 is 0 Å². The molecule has 3 aliphatic rings. The van der Waals surface area contributed by atoms with Crippen molar-refractivity contribution in [1.82, 2.24) is 9.88 Å². The number of para-hydroxylation sites is 1. The van der Waals surface area contributed by atoms with Crippen molar-refractivity contribution in [3.05, 3.63) is 47.2 Å². The number of H-pyrrole nitrogens is 1. The molecule has 1 amide bonds. The van der Waals surface area contributed by atoms with Crippen LogP contribution in [0.1, 0.15) is 37.6 Å². The van der Waals surface area contributed by atoms with Crippen LogP contribution in [0, 0.1) is 5.92 Å². The first-order chi connectivity index (χ1) is 11.6. The van der Waals surface area contributed by atoms with Gasteiger partial charge in [0.1, 0.15) is 0 Å². The molecule has 124 valence electrons. The zero-order valence-electron chi connectivity index (χ0n) is 14.1. The molecule has 4 nitrogen and oxygen atoms in total. The topological polar surface area (TPSA) is 45.3 Å². The maximum Gasteiger partial charge on any atom is 0.255 e. The van der Waals surface area contributed by atoms with E-state index in [4.69, 9.17) is 4.74 Å². The molecule has 2 fully saturated rings. The number of allylic oxidation sites excluding steroid dienone is 1. The number of amides is 1. The second-order valence-electron chi connectivity index (χ2n) is 7.37. The van der Waals surface area contributed by atoms with Crippen LogP contribution in [-0.4, -0.2) is 34.5 Å². The van der Waals surface area contributed by atoms with E-state index < -0.39 is 5.60 Å². The predicted octanol–water partition coefficient (Wildman–Crippen LogP) is 3.35. The van der Waals surface area contributed by atoms with Crippen molar-refractivity contribution in [3.8, 4) is 0 Å². The lowest BCUT2D eigenvalue weighted by Gasteiger charge is -2.47. The van der Waals surface area contributed by atoms with Gasteiger partial charge in [-0.05, 0) is 43.9 Å². The van der Waals surface area contributed by atoms with Gasteiger partial charge >= 0.3 is 0 Å². The van der Waals surface area contributed by atoms with E-state index in [1.165, 1.54) is 27.7 Å². The van der Waals surface area contributed by atoms with E-state index in [0.29, 0.717) is 6.61 Å². The Kier molecular flexibility index (Phi) is 2.82. The molecule has 0 saturated carbocycles. The summed E-state index contributed by atoms with van der Waals surface area (Å²) in [6.45, 7) is 5.41. The molecule has 5 rings (SSSR count). The third kappa shape index (κ3) is 1.64. The second-order valence-corrected chi connectivity index (χ2v) is 7.37. The van der Waals surface area contributed by atoms with E-state index in [1.54, 1.807) is 0 Å². The van der Waals surface area contributed by atoms with Gasteiger partial charge in [-0.2, -0.15) is 0 Å². The van der Waals surface area contributed by atoms with Crippen LogP contribution in [-0.2, 0) is 16.0 Å². The minimum absolute atomic E-state index is 0.142. The van der Waals surface area contributed by atoms with Gasteiger partial charge in [-0.1, -0.05) is 24.3 Å². The summed E-state index contributed by atoms with van der Waals surface area (Å²) in [5, 5.41) is 1.31. The summed E-state index contributed by atoms with van der Waals surface area (Å²) in [6.07, 6.45) is 3.99. The fourth-order valence-corrected chi connectivity index (χ4v) is 4.97. The van der Waals surface area contributed by atoms with Crippen molar-refractivity contribution in [1.29, 1.82) is 0 Å². The Morgan fingerprint density at radius 3 is 3.04 bits per heavy atom. The molecule has 0 spiro atoms. The number of aromatic nitrogens is 1. The monoisotopic (exact) mass is 322 g/mol. The molecule has 24 heavy (non-hydrogen) atoms. The van der Waals surface area contributed by atoms with E-state index in [9.17, 15) is 4.79 Å². The van der Waals surface area contributed by atoms with Crippen molar-refractivity contribution in [3.63, 3.8) is 0 Å². The number of carbonyl (C=O) groups excluding carboxylic acids is 1. The first kappa shape index (κ1) is 14.3. The van der Waals surface area contributed by atoms with Crippen LogP contribution >= 0.6 is 0 Å². The van der Waals surface area contributed by atoms with Gasteiger partial charge in [0, 0.05) is 29.1 Å². The molecule has 1 aromatic heterocycles. The summed E-state index contributed by atoms with van der Waals surface area (Å²) in [6, 6.07) is 8.61. The number of hydrogen-bond acceptors (Lipinski definition) is 2. The van der Waals surface area contributed by atoms with Crippen LogP contribution in [0.25, 0.3) is 10.9 Å². The maximum atomic E-state index is 13.2. The second kappa shape index (κ2) is 4.73. The zero-order chi connectivity index (χ0) is 16.5. The van der Waals surface area contributed by atoms with Crippen LogP contribution in [0.4, 0.5) is 0 Å². The third-order valence-electron chi connectivity index (χ3n) is 6.33. The molecule has 2 saturated heterocycles. The lowest BCUT2D eigenvalue weighted by atomic mass is 9.74. The highest BCUT2D eigenvalue weighted by atomic mass is 16.5. The van der Waals surface area contributed by atoms with E-state index >= 15 is 0 Å². The average Bonchev–Trinajstić information content (AvgIpc) is 3.14. The zero-order valence-corrected chi connectivity index (χ0v) is 14.1. The molecule has 1 N–H and O–H groups in total. The highest BCUT2D eigenvalue weighted by Gasteiger charge is 2.57. The van der Waals surface area contributed by atoms with Crippen LogP contribution in [0.15, 0.2) is 35.9 Å². The standard InChI is InChI=1S/C20H22N2O2/c1-3-12-11-24-20(2)15(12)10-17-18-14(8-9-22(17)19(20)23)13-6-4-5-7-16(13)21-18/h3-7,15,17,21H,8-11H2,1-2H3/t15-,17-,20-/m0/s1. The number of nitrogens with zero attached hydrogens (tertiary/aromatic N) is 1. The Morgan fingerprint density at radius 1 is 1.38 bits per heavy atom. The van der Waals surface area contributed by atoms with Gasteiger partial charge < -0.3 is 14.6 Å². The molecule has 0 bridgehead atoms. The highest BCUT2D eigenvalue weighted by Crippen LogP contribution is 2.50. The Balaban J connectivity index is 1.65. The van der Waals surface area contributed by atoms with Crippen LogP contribution in [0.3, 0.4) is 0 Å². The number of fused-ring (bicyclic) bond motifs is 6. The van der Waals surface area contributed by atoms with Gasteiger partial charge in [-0.15, -0.1) is 0 Å². The Bertz CT molecular complexity index is 881. The molecule has 2 aromatic rings. The largest absolute Gasteiger partial charge is 0.360 e. The summed E-state index contributed by atoms with van der Waals surface area (Å²) >= 11 is 0. The first-order valence-corrected chi connectivity index (χ1v) is 8.83. The third-order valence-corrected chi connectivity index (χ3v) is 6.33. The van der Waals surface area contributed by atoms with E-state index in [1.807, 2.05) is 11.8 Å². The molecule has 0 unspecified atom stereocenters. The Hall–Kier alpha value is -2.07. The Labute approximate surface area is 141 Å². The number of ether oxygens (including phenoxy) is 1. The predicted molar refractivity (Wildman–Crippen MR) is 92.7 cm³/mol. The summed E-state index contributed by atoms with van der Waals surface area (Å²) in [7, 11) is 0. The van der Waals surface area contributed by atoms with Crippen LogP contribution in [0.2, 0.25) is 0 Å². The van der Waals surface area contributed by atoms with Crippen molar-refractivity contribution >= 4 is 16.8 Å². The number of hydrogen-bond donors (Lipinski definition) is 1. The van der Waals surface area contributed by atoms with E-state index in [2.05, 4.69) is 42.2 Å². The minimum Gasteiger partial charge on any atom is -0.360 e. The van der Waals surface area contributed by atoms with Crippen molar-refractivity contribution in [2.24, 2.45) is 5.92 Å². The van der Waals surface area contributed by atoms with Gasteiger partial charge in [-0.3, -0.25) is 4.79 Å². The molecule has 1 aromatic carbocycles. The Morgan fingerprint density at radius 2 is 2.21 bits per heavy atom. The van der Waals surface area contributed by atoms with Gasteiger partial charge in [0.25, 0.3) is 5.91 Å². The lowest BCUT2D eigenvalue weighted by Crippen LogP contribution is -2.58. The number of aromatic amines is 1. The van der Waals surface area contributed by atoms with Gasteiger partial charge in [0.2, 0.25) is 0 Å². The van der Waals surface area contributed by atoms with Crippen molar-refractivity contribution in [2.45, 2.75) is 38.3 Å². The quantitative estimate of drug-likeness (QED) is 0.756. The SMILES string of the molecule is CC=C1CO[C@]2(C)C(=O)N3CCc4c([nH]c5ccccc45)[C@@H]3C[C@@H]12. The lowest BCUT2D eigenvalue weighted by molar-refractivity contribution is -0.165. The van der Waals surface area contributed by atoms with Crippen LogP contribution in [0.5, 0.6) is 0 Å². The summed E-state index contributed by atoms with van der Waals surface area (Å²) in [5.74, 6) is 0.346. The van der Waals surface area contributed by atoms with E-state index in [-0.39, 0.29) is 17.9 Å². The van der Waals surface area contributed by atoms with Crippen molar-refractivity contribution < 1.29 is 9.53 Å². The normalized spacial score (nSPS) is 33.7. The van der Waals surface area contributed by atoms with Gasteiger partial charge in [-0.25, -0.2) is 0 Å². The van der Waals surface area contributed by atoms with E-state index in [0.717, 1.165) is 19.4 Å². The molecule has 0 radical (unpaired) electrons. The summed E-state index contributed by atoms with van der Waals surface area (Å²) in [4.78, 5) is 18.9. The maximum absolute atomic E-state index is 13.2. The molecular formula is C20H22N2O2. The number of carbonyl (C=O) groups is 1. The number of piperidine rings is 1.